The van der Waals surface area contributed by atoms with Gasteiger partial charge < -0.3 is 4.74 Å². The molecular formula is C15H22O2. The Balaban J connectivity index is 2.71. The van der Waals surface area contributed by atoms with E-state index in [-0.39, 0.29) is 5.97 Å². The number of ether oxygens (including phenoxy) is 1. The van der Waals surface area contributed by atoms with Crippen molar-refractivity contribution in [3.05, 3.63) is 35.4 Å². The van der Waals surface area contributed by atoms with Crippen LogP contribution in [-0.2, 0) is 11.2 Å². The lowest BCUT2D eigenvalue weighted by Crippen LogP contribution is -2.23. The smallest absolute Gasteiger partial charge is 0.338 e. The molecule has 2 nitrogen and oxygen atoms in total. The number of esters is 1. The number of hydrogen-bond acceptors (Lipinski definition) is 2. The van der Waals surface area contributed by atoms with Crippen LogP contribution in [0.4, 0.5) is 0 Å². The lowest BCUT2D eigenvalue weighted by Gasteiger charge is -2.19. The monoisotopic (exact) mass is 234 g/mol. The molecule has 0 aliphatic heterocycles. The van der Waals surface area contributed by atoms with Gasteiger partial charge in [0.25, 0.3) is 0 Å². The molecule has 0 amide bonds. The second-order valence-electron chi connectivity index (χ2n) is 5.80. The highest BCUT2D eigenvalue weighted by Gasteiger charge is 2.17. The fraction of sp³-hybridized carbons (Fsp3) is 0.533. The van der Waals surface area contributed by atoms with E-state index in [1.54, 1.807) is 0 Å². The summed E-state index contributed by atoms with van der Waals surface area (Å²) in [6.45, 7) is 9.98. The summed E-state index contributed by atoms with van der Waals surface area (Å²) in [5, 5.41) is 0. The molecule has 1 aromatic carbocycles. The molecule has 0 aliphatic carbocycles. The third-order valence-electron chi connectivity index (χ3n) is 2.23. The van der Waals surface area contributed by atoms with E-state index in [1.165, 1.54) is 5.56 Å². The van der Waals surface area contributed by atoms with Gasteiger partial charge in [0.2, 0.25) is 0 Å². The first kappa shape index (κ1) is 13.8. The van der Waals surface area contributed by atoms with Gasteiger partial charge in [-0.15, -0.1) is 0 Å². The average molecular weight is 234 g/mol. The molecule has 0 heterocycles. The van der Waals surface area contributed by atoms with Gasteiger partial charge in [-0.05, 0) is 50.8 Å². The summed E-state index contributed by atoms with van der Waals surface area (Å²) in [4.78, 5) is 11.8. The zero-order valence-electron chi connectivity index (χ0n) is 11.4. The zero-order valence-corrected chi connectivity index (χ0v) is 11.4. The van der Waals surface area contributed by atoms with Crippen LogP contribution in [0.25, 0.3) is 0 Å². The fourth-order valence-electron chi connectivity index (χ4n) is 1.59. The maximum atomic E-state index is 11.8. The second-order valence-corrected chi connectivity index (χ2v) is 5.80. The first-order chi connectivity index (χ1) is 7.78. The number of carbonyl (C=O) groups is 1. The number of carbonyl (C=O) groups excluding carboxylic acids is 1. The predicted molar refractivity (Wildman–Crippen MR) is 70.2 cm³/mol. The molecule has 0 saturated heterocycles. The van der Waals surface area contributed by atoms with Crippen LogP contribution >= 0.6 is 0 Å². The summed E-state index contributed by atoms with van der Waals surface area (Å²) in [5.74, 6) is 0.371. The van der Waals surface area contributed by atoms with Crippen molar-refractivity contribution >= 4 is 5.97 Å². The van der Waals surface area contributed by atoms with Gasteiger partial charge in [0.05, 0.1) is 5.56 Å². The van der Waals surface area contributed by atoms with E-state index >= 15 is 0 Å². The van der Waals surface area contributed by atoms with Gasteiger partial charge in [0.15, 0.2) is 0 Å². The van der Waals surface area contributed by atoms with Gasteiger partial charge in [-0.1, -0.05) is 26.0 Å². The lowest BCUT2D eigenvalue weighted by atomic mass is 10.0. The molecule has 1 aromatic rings. The molecule has 0 atom stereocenters. The van der Waals surface area contributed by atoms with E-state index in [1.807, 2.05) is 45.0 Å². The Hall–Kier alpha value is -1.31. The normalized spacial score (nSPS) is 11.6. The molecule has 0 aliphatic rings. The molecule has 0 bridgehead atoms. The van der Waals surface area contributed by atoms with Gasteiger partial charge in [0.1, 0.15) is 5.60 Å². The minimum Gasteiger partial charge on any atom is -0.456 e. The fourth-order valence-corrected chi connectivity index (χ4v) is 1.59. The lowest BCUT2D eigenvalue weighted by molar-refractivity contribution is 0.00695. The maximum Gasteiger partial charge on any atom is 0.338 e. The summed E-state index contributed by atoms with van der Waals surface area (Å²) in [7, 11) is 0. The topological polar surface area (TPSA) is 26.3 Å². The molecule has 0 unspecified atom stereocenters. The molecule has 0 N–H and O–H groups in total. The Labute approximate surface area is 104 Å². The standard InChI is InChI=1S/C15H22O2/c1-11(2)10-12-6-8-13(9-7-12)14(16)17-15(3,4)5/h6-9,11H,10H2,1-5H3. The van der Waals surface area contributed by atoms with Crippen molar-refractivity contribution in [3.63, 3.8) is 0 Å². The van der Waals surface area contributed by atoms with E-state index in [0.29, 0.717) is 11.5 Å². The highest BCUT2D eigenvalue weighted by molar-refractivity contribution is 5.89. The van der Waals surface area contributed by atoms with Crippen molar-refractivity contribution in [2.24, 2.45) is 5.92 Å². The minimum atomic E-state index is -0.437. The molecule has 0 fully saturated rings. The maximum absolute atomic E-state index is 11.8. The third-order valence-corrected chi connectivity index (χ3v) is 2.23. The first-order valence-electron chi connectivity index (χ1n) is 6.10. The molecule has 1 rings (SSSR count). The van der Waals surface area contributed by atoms with Crippen LogP contribution in [0.5, 0.6) is 0 Å². The van der Waals surface area contributed by atoms with Crippen LogP contribution in [0, 0.1) is 5.92 Å². The van der Waals surface area contributed by atoms with E-state index in [9.17, 15) is 4.79 Å². The van der Waals surface area contributed by atoms with Crippen molar-refractivity contribution in [1.82, 2.24) is 0 Å². The summed E-state index contributed by atoms with van der Waals surface area (Å²) in [6.07, 6.45) is 1.04. The van der Waals surface area contributed by atoms with Crippen LogP contribution in [0.15, 0.2) is 24.3 Å². The molecule has 0 radical (unpaired) electrons. The van der Waals surface area contributed by atoms with Crippen molar-refractivity contribution in [2.45, 2.75) is 46.6 Å². The van der Waals surface area contributed by atoms with Crippen LogP contribution in [0.3, 0.4) is 0 Å². The summed E-state index contributed by atoms with van der Waals surface area (Å²) < 4.78 is 5.31. The van der Waals surface area contributed by atoms with Crippen LogP contribution < -0.4 is 0 Å². The Morgan fingerprint density at radius 2 is 1.71 bits per heavy atom. The van der Waals surface area contributed by atoms with Gasteiger partial charge in [0, 0.05) is 0 Å². The van der Waals surface area contributed by atoms with Crippen LogP contribution in [-0.4, -0.2) is 11.6 Å². The molecule has 0 aromatic heterocycles. The third kappa shape index (κ3) is 5.03. The quantitative estimate of drug-likeness (QED) is 0.743. The van der Waals surface area contributed by atoms with Gasteiger partial charge in [-0.25, -0.2) is 4.79 Å². The van der Waals surface area contributed by atoms with Crippen LogP contribution in [0.1, 0.15) is 50.5 Å². The minimum absolute atomic E-state index is 0.256. The Bertz CT molecular complexity index is 369. The van der Waals surface area contributed by atoms with Gasteiger partial charge >= 0.3 is 5.97 Å². The van der Waals surface area contributed by atoms with Crippen molar-refractivity contribution in [2.75, 3.05) is 0 Å². The molecular weight excluding hydrogens is 212 g/mol. The Kier molecular flexibility index (Phi) is 4.33. The Morgan fingerprint density at radius 1 is 1.18 bits per heavy atom. The highest BCUT2D eigenvalue weighted by Crippen LogP contribution is 2.14. The largest absolute Gasteiger partial charge is 0.456 e. The Morgan fingerprint density at radius 3 is 2.12 bits per heavy atom. The highest BCUT2D eigenvalue weighted by atomic mass is 16.6. The van der Waals surface area contributed by atoms with E-state index < -0.39 is 5.60 Å². The summed E-state index contributed by atoms with van der Waals surface area (Å²) in [5.41, 5.74) is 1.44. The second kappa shape index (κ2) is 5.35. The van der Waals surface area contributed by atoms with E-state index in [0.717, 1.165) is 6.42 Å². The number of benzene rings is 1. The van der Waals surface area contributed by atoms with E-state index in [2.05, 4.69) is 13.8 Å². The first-order valence-corrected chi connectivity index (χ1v) is 6.10. The SMILES string of the molecule is CC(C)Cc1ccc(C(=O)OC(C)(C)C)cc1. The molecule has 2 heteroatoms. The summed E-state index contributed by atoms with van der Waals surface area (Å²) >= 11 is 0. The molecule has 0 spiro atoms. The summed E-state index contributed by atoms with van der Waals surface area (Å²) in [6, 6.07) is 7.68. The zero-order chi connectivity index (χ0) is 13.1. The number of rotatable bonds is 3. The van der Waals surface area contributed by atoms with Gasteiger partial charge in [-0.2, -0.15) is 0 Å². The molecule has 94 valence electrons. The molecule has 17 heavy (non-hydrogen) atoms. The van der Waals surface area contributed by atoms with Crippen molar-refractivity contribution in [3.8, 4) is 0 Å². The van der Waals surface area contributed by atoms with Crippen molar-refractivity contribution < 1.29 is 9.53 Å². The van der Waals surface area contributed by atoms with Gasteiger partial charge in [-0.3, -0.25) is 0 Å². The number of hydrogen-bond donors (Lipinski definition) is 0. The predicted octanol–water partition coefficient (Wildman–Crippen LogP) is 3.84. The average Bonchev–Trinajstić information content (AvgIpc) is 2.15. The van der Waals surface area contributed by atoms with E-state index in [4.69, 9.17) is 4.74 Å². The van der Waals surface area contributed by atoms with Crippen molar-refractivity contribution in [1.29, 1.82) is 0 Å². The van der Waals surface area contributed by atoms with Crippen LogP contribution in [0.2, 0.25) is 0 Å². The molecule has 0 saturated carbocycles.